The van der Waals surface area contributed by atoms with Crippen LogP contribution in [0.15, 0.2) is 48.5 Å². The lowest BCUT2D eigenvalue weighted by Crippen LogP contribution is -2.21. The number of methoxy groups -OCH3 is 1. The van der Waals surface area contributed by atoms with Crippen molar-refractivity contribution < 1.29 is 23.9 Å². The highest BCUT2D eigenvalue weighted by molar-refractivity contribution is 5.96. The molecule has 0 spiro atoms. The molecule has 1 amide bonds. The maximum absolute atomic E-state index is 11.9. The Morgan fingerprint density at radius 3 is 2.08 bits per heavy atom. The second kappa shape index (κ2) is 7.92. The van der Waals surface area contributed by atoms with Crippen molar-refractivity contribution in [2.24, 2.45) is 0 Å². The van der Waals surface area contributed by atoms with E-state index in [0.29, 0.717) is 11.3 Å². The zero-order valence-electron chi connectivity index (χ0n) is 13.4. The predicted molar refractivity (Wildman–Crippen MR) is 87.9 cm³/mol. The Kier molecular flexibility index (Phi) is 5.68. The Morgan fingerprint density at radius 1 is 0.917 bits per heavy atom. The van der Waals surface area contributed by atoms with E-state index >= 15 is 0 Å². The second-order valence-corrected chi connectivity index (χ2v) is 5.01. The number of hydrogen-bond donors (Lipinski definition) is 1. The Morgan fingerprint density at radius 2 is 1.50 bits per heavy atom. The van der Waals surface area contributed by atoms with Crippen molar-refractivity contribution >= 4 is 23.5 Å². The van der Waals surface area contributed by atoms with Crippen molar-refractivity contribution in [2.75, 3.05) is 19.0 Å². The van der Waals surface area contributed by atoms with Gasteiger partial charge in [-0.3, -0.25) is 4.79 Å². The largest absolute Gasteiger partial charge is 0.465 e. The molecule has 0 aliphatic carbocycles. The van der Waals surface area contributed by atoms with Crippen LogP contribution in [0, 0.1) is 6.92 Å². The first-order valence-electron chi connectivity index (χ1n) is 7.22. The molecule has 24 heavy (non-hydrogen) atoms. The smallest absolute Gasteiger partial charge is 0.338 e. The van der Waals surface area contributed by atoms with Crippen molar-refractivity contribution in [2.45, 2.75) is 6.92 Å². The van der Waals surface area contributed by atoms with Gasteiger partial charge < -0.3 is 14.8 Å². The zero-order chi connectivity index (χ0) is 17.5. The molecule has 0 aromatic heterocycles. The SMILES string of the molecule is COC(=O)c1ccc(C(=O)OCC(=O)Nc2ccccc2C)cc1. The highest BCUT2D eigenvalue weighted by Gasteiger charge is 2.12. The summed E-state index contributed by atoms with van der Waals surface area (Å²) in [7, 11) is 1.28. The van der Waals surface area contributed by atoms with Gasteiger partial charge in [-0.05, 0) is 42.8 Å². The number of carbonyl (C=O) groups excluding carboxylic acids is 3. The molecule has 0 heterocycles. The van der Waals surface area contributed by atoms with Crippen LogP contribution in [-0.2, 0) is 14.3 Å². The second-order valence-electron chi connectivity index (χ2n) is 5.01. The molecule has 0 aliphatic rings. The Labute approximate surface area is 139 Å². The van der Waals surface area contributed by atoms with Crippen molar-refractivity contribution in [1.82, 2.24) is 0 Å². The van der Waals surface area contributed by atoms with Gasteiger partial charge in [0, 0.05) is 5.69 Å². The molecule has 0 aliphatic heterocycles. The summed E-state index contributed by atoms with van der Waals surface area (Å²) in [4.78, 5) is 35.1. The number of rotatable bonds is 5. The van der Waals surface area contributed by atoms with E-state index in [2.05, 4.69) is 10.1 Å². The molecule has 0 fully saturated rings. The third kappa shape index (κ3) is 4.42. The quantitative estimate of drug-likeness (QED) is 0.854. The summed E-state index contributed by atoms with van der Waals surface area (Å²) in [6, 6.07) is 13.1. The summed E-state index contributed by atoms with van der Waals surface area (Å²) >= 11 is 0. The highest BCUT2D eigenvalue weighted by atomic mass is 16.5. The zero-order valence-corrected chi connectivity index (χ0v) is 13.4. The third-order valence-electron chi connectivity index (χ3n) is 3.30. The molecule has 124 valence electrons. The van der Waals surface area contributed by atoms with Gasteiger partial charge in [-0.15, -0.1) is 0 Å². The highest BCUT2D eigenvalue weighted by Crippen LogP contribution is 2.13. The van der Waals surface area contributed by atoms with Gasteiger partial charge in [-0.1, -0.05) is 18.2 Å². The summed E-state index contributed by atoms with van der Waals surface area (Å²) in [5.41, 5.74) is 2.15. The van der Waals surface area contributed by atoms with Crippen LogP contribution in [-0.4, -0.2) is 31.6 Å². The molecule has 6 nitrogen and oxygen atoms in total. The van der Waals surface area contributed by atoms with Crippen LogP contribution in [0.3, 0.4) is 0 Å². The van der Waals surface area contributed by atoms with E-state index in [9.17, 15) is 14.4 Å². The van der Waals surface area contributed by atoms with E-state index in [4.69, 9.17) is 4.74 Å². The van der Waals surface area contributed by atoms with Crippen LogP contribution in [0.5, 0.6) is 0 Å². The minimum absolute atomic E-state index is 0.242. The lowest BCUT2D eigenvalue weighted by Gasteiger charge is -2.09. The van der Waals surface area contributed by atoms with Gasteiger partial charge >= 0.3 is 11.9 Å². The first kappa shape index (κ1) is 17.2. The molecule has 2 rings (SSSR count). The molecule has 6 heteroatoms. The van der Waals surface area contributed by atoms with Crippen LogP contribution < -0.4 is 5.32 Å². The molecule has 0 unspecified atom stereocenters. The number of hydrogen-bond acceptors (Lipinski definition) is 5. The van der Waals surface area contributed by atoms with Crippen molar-refractivity contribution in [3.05, 3.63) is 65.2 Å². The average molecular weight is 327 g/mol. The van der Waals surface area contributed by atoms with E-state index in [0.717, 1.165) is 5.56 Å². The first-order chi connectivity index (χ1) is 11.5. The number of anilines is 1. The van der Waals surface area contributed by atoms with Crippen LogP contribution in [0.1, 0.15) is 26.3 Å². The summed E-state index contributed by atoms with van der Waals surface area (Å²) in [5, 5.41) is 2.67. The van der Waals surface area contributed by atoms with Gasteiger partial charge in [0.15, 0.2) is 6.61 Å². The van der Waals surface area contributed by atoms with E-state index in [1.165, 1.54) is 31.4 Å². The topological polar surface area (TPSA) is 81.7 Å². The van der Waals surface area contributed by atoms with Gasteiger partial charge in [0.25, 0.3) is 5.91 Å². The minimum atomic E-state index is -0.647. The number of esters is 2. The van der Waals surface area contributed by atoms with Crippen LogP contribution >= 0.6 is 0 Å². The lowest BCUT2D eigenvalue weighted by molar-refractivity contribution is -0.119. The molecule has 0 saturated heterocycles. The Hall–Kier alpha value is -3.15. The van der Waals surface area contributed by atoms with E-state index < -0.39 is 24.5 Å². The normalized spacial score (nSPS) is 9.92. The fourth-order valence-electron chi connectivity index (χ4n) is 1.97. The van der Waals surface area contributed by atoms with Crippen LogP contribution in [0.4, 0.5) is 5.69 Å². The molecule has 2 aromatic carbocycles. The molecule has 0 saturated carbocycles. The summed E-state index contributed by atoms with van der Waals surface area (Å²) < 4.78 is 9.54. The Balaban J connectivity index is 1.89. The monoisotopic (exact) mass is 327 g/mol. The van der Waals surface area contributed by atoms with Gasteiger partial charge in [-0.2, -0.15) is 0 Å². The Bertz CT molecular complexity index is 752. The van der Waals surface area contributed by atoms with Crippen LogP contribution in [0.2, 0.25) is 0 Å². The van der Waals surface area contributed by atoms with Gasteiger partial charge in [0.2, 0.25) is 0 Å². The van der Waals surface area contributed by atoms with Gasteiger partial charge in [-0.25, -0.2) is 9.59 Å². The molecule has 0 atom stereocenters. The number of nitrogens with one attached hydrogen (secondary N) is 1. The van der Waals surface area contributed by atoms with Gasteiger partial charge in [0.05, 0.1) is 18.2 Å². The molecule has 0 radical (unpaired) electrons. The molecule has 2 aromatic rings. The standard InChI is InChI=1S/C18H17NO5/c1-12-5-3-4-6-15(12)19-16(20)11-24-18(22)14-9-7-13(8-10-14)17(21)23-2/h3-10H,11H2,1-2H3,(H,19,20). The predicted octanol–water partition coefficient (Wildman–Crippen LogP) is 2.58. The molecular weight excluding hydrogens is 310 g/mol. The van der Waals surface area contributed by atoms with Crippen molar-refractivity contribution in [1.29, 1.82) is 0 Å². The number of ether oxygens (including phenoxy) is 2. The maximum atomic E-state index is 11.9. The number of benzene rings is 2. The minimum Gasteiger partial charge on any atom is -0.465 e. The number of aryl methyl sites for hydroxylation is 1. The van der Waals surface area contributed by atoms with E-state index in [1.54, 1.807) is 12.1 Å². The van der Waals surface area contributed by atoms with E-state index in [-0.39, 0.29) is 5.56 Å². The number of para-hydroxylation sites is 1. The maximum Gasteiger partial charge on any atom is 0.338 e. The fraction of sp³-hybridized carbons (Fsp3) is 0.167. The van der Waals surface area contributed by atoms with Gasteiger partial charge in [0.1, 0.15) is 0 Å². The average Bonchev–Trinajstić information content (AvgIpc) is 2.61. The molecule has 0 bridgehead atoms. The summed E-state index contributed by atoms with van der Waals surface area (Å²) in [6.45, 7) is 1.47. The number of amides is 1. The fourth-order valence-corrected chi connectivity index (χ4v) is 1.97. The third-order valence-corrected chi connectivity index (χ3v) is 3.30. The molecular formula is C18H17NO5. The number of carbonyl (C=O) groups is 3. The van der Waals surface area contributed by atoms with Crippen molar-refractivity contribution in [3.63, 3.8) is 0 Å². The molecule has 1 N–H and O–H groups in total. The lowest BCUT2D eigenvalue weighted by atomic mass is 10.1. The first-order valence-corrected chi connectivity index (χ1v) is 7.22. The summed E-state index contributed by atoms with van der Waals surface area (Å²) in [5.74, 6) is -1.57. The van der Waals surface area contributed by atoms with E-state index in [1.807, 2.05) is 19.1 Å². The summed E-state index contributed by atoms with van der Waals surface area (Å²) in [6.07, 6.45) is 0. The van der Waals surface area contributed by atoms with Crippen molar-refractivity contribution in [3.8, 4) is 0 Å². The van der Waals surface area contributed by atoms with Crippen LogP contribution in [0.25, 0.3) is 0 Å².